The highest BCUT2D eigenvalue weighted by Crippen LogP contribution is 2.38. The summed E-state index contributed by atoms with van der Waals surface area (Å²) in [7, 11) is 0. The van der Waals surface area contributed by atoms with E-state index in [2.05, 4.69) is 100 Å². The first kappa shape index (κ1) is 30.4. The molecule has 40 heavy (non-hydrogen) atoms. The van der Waals surface area contributed by atoms with Gasteiger partial charge in [-0.05, 0) is 129 Å². The third kappa shape index (κ3) is 7.80. The molecule has 1 fully saturated rings. The van der Waals surface area contributed by atoms with Crippen LogP contribution in [0.3, 0.4) is 0 Å². The summed E-state index contributed by atoms with van der Waals surface area (Å²) in [5.74, 6) is 0.633. The molecule has 0 radical (unpaired) electrons. The Labute approximate surface area is 246 Å². The Morgan fingerprint density at radius 1 is 0.750 bits per heavy atom. The maximum absolute atomic E-state index is 2.77. The molecular formula is C39H55N. The summed E-state index contributed by atoms with van der Waals surface area (Å²) in [6, 6.07) is 23.5. The van der Waals surface area contributed by atoms with Crippen LogP contribution >= 0.6 is 0 Å². The number of unbranched alkanes of at least 4 members (excludes halogenated alkanes) is 1. The van der Waals surface area contributed by atoms with E-state index in [9.17, 15) is 0 Å². The predicted octanol–water partition coefficient (Wildman–Crippen LogP) is 11.0. The van der Waals surface area contributed by atoms with Crippen LogP contribution in [0.25, 0.3) is 0 Å². The summed E-state index contributed by atoms with van der Waals surface area (Å²) >= 11 is 0. The summed E-state index contributed by atoms with van der Waals surface area (Å²) in [4.78, 5) is 2.77. The lowest BCUT2D eigenvalue weighted by Crippen LogP contribution is -2.37. The number of rotatable bonds is 14. The Bertz CT molecular complexity index is 1170. The van der Waals surface area contributed by atoms with Gasteiger partial charge in [0.25, 0.3) is 0 Å². The second kappa shape index (κ2) is 15.5. The number of nitrogens with zero attached hydrogens (tertiary/aromatic N) is 1. The fourth-order valence-corrected chi connectivity index (χ4v) is 7.31. The maximum atomic E-state index is 2.77. The van der Waals surface area contributed by atoms with E-state index in [0.29, 0.717) is 12.0 Å². The zero-order chi connectivity index (χ0) is 28.3. The SMILES string of the molecule is CCCCc1cc(C)c(Cc2ccccc2C)c(C(CCC)CCCN(c2ccccc2)C2CCCCC2)c1C. The highest BCUT2D eigenvalue weighted by Gasteiger charge is 2.24. The second-order valence-corrected chi connectivity index (χ2v) is 12.5. The number of hydrogen-bond donors (Lipinski definition) is 0. The minimum Gasteiger partial charge on any atom is -0.369 e. The molecule has 1 aliphatic rings. The van der Waals surface area contributed by atoms with Gasteiger partial charge >= 0.3 is 0 Å². The van der Waals surface area contributed by atoms with Crippen LogP contribution in [-0.2, 0) is 12.8 Å². The minimum atomic E-state index is 0.633. The van der Waals surface area contributed by atoms with Gasteiger partial charge in [0.15, 0.2) is 0 Å². The van der Waals surface area contributed by atoms with Gasteiger partial charge in [-0.2, -0.15) is 0 Å². The van der Waals surface area contributed by atoms with Gasteiger partial charge in [-0.25, -0.2) is 0 Å². The number of benzene rings is 3. The van der Waals surface area contributed by atoms with E-state index in [1.807, 2.05) is 0 Å². The Hall–Kier alpha value is -2.54. The van der Waals surface area contributed by atoms with Crippen molar-refractivity contribution in [2.45, 2.75) is 130 Å². The van der Waals surface area contributed by atoms with Crippen molar-refractivity contribution in [3.8, 4) is 0 Å². The van der Waals surface area contributed by atoms with Crippen LogP contribution in [0.1, 0.15) is 129 Å². The number of hydrogen-bond acceptors (Lipinski definition) is 1. The molecule has 3 aromatic rings. The fourth-order valence-electron chi connectivity index (χ4n) is 7.31. The highest BCUT2D eigenvalue weighted by atomic mass is 15.2. The van der Waals surface area contributed by atoms with Crippen molar-refractivity contribution in [3.05, 3.63) is 99.6 Å². The van der Waals surface area contributed by atoms with E-state index in [0.717, 1.165) is 6.42 Å². The zero-order valence-corrected chi connectivity index (χ0v) is 26.3. The summed E-state index contributed by atoms with van der Waals surface area (Å²) in [5.41, 5.74) is 12.3. The monoisotopic (exact) mass is 537 g/mol. The summed E-state index contributed by atoms with van der Waals surface area (Å²) < 4.78 is 0. The number of anilines is 1. The Kier molecular flexibility index (Phi) is 11.8. The Morgan fingerprint density at radius 3 is 2.17 bits per heavy atom. The molecule has 0 spiro atoms. The van der Waals surface area contributed by atoms with Crippen LogP contribution in [0, 0.1) is 20.8 Å². The zero-order valence-electron chi connectivity index (χ0n) is 26.3. The van der Waals surface area contributed by atoms with Gasteiger partial charge in [0, 0.05) is 18.3 Å². The Morgan fingerprint density at radius 2 is 1.48 bits per heavy atom. The van der Waals surface area contributed by atoms with Crippen LogP contribution in [0.5, 0.6) is 0 Å². The predicted molar refractivity (Wildman–Crippen MR) is 176 cm³/mol. The molecule has 1 saturated carbocycles. The van der Waals surface area contributed by atoms with E-state index in [1.165, 1.54) is 106 Å². The van der Waals surface area contributed by atoms with E-state index >= 15 is 0 Å². The van der Waals surface area contributed by atoms with Gasteiger partial charge < -0.3 is 4.90 Å². The molecule has 1 heteroatoms. The van der Waals surface area contributed by atoms with Crippen LogP contribution in [0.2, 0.25) is 0 Å². The second-order valence-electron chi connectivity index (χ2n) is 12.5. The van der Waals surface area contributed by atoms with Crippen LogP contribution < -0.4 is 4.90 Å². The van der Waals surface area contributed by atoms with Crippen molar-refractivity contribution in [2.75, 3.05) is 11.4 Å². The molecule has 0 aromatic heterocycles. The van der Waals surface area contributed by atoms with Crippen LogP contribution in [0.15, 0.2) is 60.7 Å². The molecule has 0 N–H and O–H groups in total. The van der Waals surface area contributed by atoms with Crippen LogP contribution in [-0.4, -0.2) is 12.6 Å². The normalized spacial score (nSPS) is 14.8. The smallest absolute Gasteiger partial charge is 0.0368 e. The van der Waals surface area contributed by atoms with Crippen molar-refractivity contribution in [2.24, 2.45) is 0 Å². The van der Waals surface area contributed by atoms with Gasteiger partial charge in [-0.1, -0.05) is 94.5 Å². The lowest BCUT2D eigenvalue weighted by Gasteiger charge is -2.37. The van der Waals surface area contributed by atoms with Gasteiger partial charge in [0.2, 0.25) is 0 Å². The van der Waals surface area contributed by atoms with E-state index in [-0.39, 0.29) is 0 Å². The van der Waals surface area contributed by atoms with Crippen molar-refractivity contribution < 1.29 is 0 Å². The molecule has 1 aliphatic carbocycles. The fraction of sp³-hybridized carbons (Fsp3) is 0.538. The first-order valence-corrected chi connectivity index (χ1v) is 16.5. The van der Waals surface area contributed by atoms with E-state index < -0.39 is 0 Å². The molecule has 4 rings (SSSR count). The first-order valence-electron chi connectivity index (χ1n) is 16.5. The van der Waals surface area contributed by atoms with Gasteiger partial charge in [0.1, 0.15) is 0 Å². The first-order chi connectivity index (χ1) is 19.5. The molecular weight excluding hydrogens is 482 g/mol. The molecule has 0 saturated heterocycles. The molecule has 1 atom stereocenters. The minimum absolute atomic E-state index is 0.633. The molecule has 0 amide bonds. The molecule has 3 aromatic carbocycles. The molecule has 1 unspecified atom stereocenters. The average molecular weight is 538 g/mol. The van der Waals surface area contributed by atoms with Crippen LogP contribution in [0.4, 0.5) is 5.69 Å². The number of aryl methyl sites for hydroxylation is 3. The van der Waals surface area contributed by atoms with Gasteiger partial charge in [0.05, 0.1) is 0 Å². The molecule has 0 heterocycles. The maximum Gasteiger partial charge on any atom is 0.0368 e. The van der Waals surface area contributed by atoms with E-state index in [1.54, 1.807) is 22.3 Å². The van der Waals surface area contributed by atoms with Crippen molar-refractivity contribution in [3.63, 3.8) is 0 Å². The molecule has 1 nitrogen and oxygen atoms in total. The van der Waals surface area contributed by atoms with Gasteiger partial charge in [-0.3, -0.25) is 0 Å². The van der Waals surface area contributed by atoms with Crippen molar-refractivity contribution in [1.29, 1.82) is 0 Å². The lowest BCUT2D eigenvalue weighted by molar-refractivity contribution is 0.407. The lowest BCUT2D eigenvalue weighted by atomic mass is 9.78. The third-order valence-corrected chi connectivity index (χ3v) is 9.61. The summed E-state index contributed by atoms with van der Waals surface area (Å²) in [6.07, 6.45) is 16.8. The highest BCUT2D eigenvalue weighted by molar-refractivity contribution is 5.50. The van der Waals surface area contributed by atoms with Crippen molar-refractivity contribution in [1.82, 2.24) is 0 Å². The summed E-state index contributed by atoms with van der Waals surface area (Å²) in [5, 5.41) is 0. The topological polar surface area (TPSA) is 3.24 Å². The quantitative estimate of drug-likeness (QED) is 0.198. The average Bonchev–Trinajstić information content (AvgIpc) is 2.98. The Balaban J connectivity index is 1.63. The summed E-state index contributed by atoms with van der Waals surface area (Å²) in [6.45, 7) is 13.0. The van der Waals surface area contributed by atoms with E-state index in [4.69, 9.17) is 0 Å². The standard InChI is InChI=1S/C39H55N/c1-6-8-20-35-28-31(4)38(29-34-21-16-15-19-30(34)3)39(32(35)5)33(18-7-2)22-17-27-40(36-23-11-9-12-24-36)37-25-13-10-14-26-37/h9,11-12,15-16,19,21,23-24,28,33,37H,6-8,10,13-14,17-18,20,22,25-27,29H2,1-5H3. The molecule has 216 valence electrons. The number of para-hydroxylation sites is 1. The van der Waals surface area contributed by atoms with Gasteiger partial charge in [-0.15, -0.1) is 0 Å². The third-order valence-electron chi connectivity index (χ3n) is 9.61. The molecule has 0 aliphatic heterocycles. The van der Waals surface area contributed by atoms with Crippen molar-refractivity contribution >= 4 is 5.69 Å². The largest absolute Gasteiger partial charge is 0.369 e. The molecule has 0 bridgehead atoms.